The summed E-state index contributed by atoms with van der Waals surface area (Å²) in [5.41, 5.74) is 9.68. The molecule has 0 saturated heterocycles. The third-order valence-corrected chi connectivity index (χ3v) is 3.68. The molecular formula is C14H22N2. The molecule has 0 bridgehead atoms. The number of rotatable bonds is 5. The summed E-state index contributed by atoms with van der Waals surface area (Å²) in [6, 6.07) is 6.24. The van der Waals surface area contributed by atoms with E-state index in [1.165, 1.54) is 25.7 Å². The van der Waals surface area contributed by atoms with Crippen molar-refractivity contribution in [1.82, 2.24) is 0 Å². The highest BCUT2D eigenvalue weighted by Gasteiger charge is 2.40. The van der Waals surface area contributed by atoms with Gasteiger partial charge in [-0.1, -0.05) is 19.4 Å². The van der Waals surface area contributed by atoms with Gasteiger partial charge in [-0.25, -0.2) is 0 Å². The predicted octanol–water partition coefficient (Wildman–Crippen LogP) is 3.57. The molecule has 1 aromatic rings. The van der Waals surface area contributed by atoms with Gasteiger partial charge in [-0.3, -0.25) is 0 Å². The normalized spacial score (nSPS) is 17.1. The average Bonchev–Trinajstić information content (AvgIpc) is 3.01. The maximum Gasteiger partial charge on any atom is 0.0364 e. The Labute approximate surface area is 98.2 Å². The fourth-order valence-corrected chi connectivity index (χ4v) is 2.26. The van der Waals surface area contributed by atoms with Crippen molar-refractivity contribution in [2.45, 2.75) is 39.5 Å². The van der Waals surface area contributed by atoms with Gasteiger partial charge in [-0.05, 0) is 49.3 Å². The Morgan fingerprint density at radius 1 is 1.38 bits per heavy atom. The van der Waals surface area contributed by atoms with Crippen molar-refractivity contribution in [2.24, 2.45) is 5.41 Å². The van der Waals surface area contributed by atoms with Gasteiger partial charge in [0, 0.05) is 17.9 Å². The maximum absolute atomic E-state index is 5.89. The fourth-order valence-electron chi connectivity index (χ4n) is 2.26. The minimum Gasteiger partial charge on any atom is -0.398 e. The van der Waals surface area contributed by atoms with Crippen LogP contribution in [0.25, 0.3) is 0 Å². The van der Waals surface area contributed by atoms with E-state index >= 15 is 0 Å². The van der Waals surface area contributed by atoms with Crippen molar-refractivity contribution in [3.05, 3.63) is 23.8 Å². The first-order valence-electron chi connectivity index (χ1n) is 6.25. The zero-order valence-corrected chi connectivity index (χ0v) is 10.3. The lowest BCUT2D eigenvalue weighted by atomic mass is 10.0. The smallest absolute Gasteiger partial charge is 0.0364 e. The van der Waals surface area contributed by atoms with E-state index in [-0.39, 0.29) is 0 Å². The van der Waals surface area contributed by atoms with Crippen LogP contribution in [0.3, 0.4) is 0 Å². The lowest BCUT2D eigenvalue weighted by Gasteiger charge is -2.16. The van der Waals surface area contributed by atoms with Gasteiger partial charge < -0.3 is 11.1 Å². The van der Waals surface area contributed by atoms with Crippen LogP contribution in [0.15, 0.2) is 18.2 Å². The highest BCUT2D eigenvalue weighted by atomic mass is 14.9. The Kier molecular flexibility index (Phi) is 3.08. The van der Waals surface area contributed by atoms with Gasteiger partial charge in [0.2, 0.25) is 0 Å². The standard InChI is InChI=1S/C14H22N2/c1-3-6-14(7-8-14)10-16-12-5-4-11(2)13(15)9-12/h4-5,9,16H,3,6-8,10,15H2,1-2H3. The molecule has 0 atom stereocenters. The second-order valence-corrected chi connectivity index (χ2v) is 5.17. The summed E-state index contributed by atoms with van der Waals surface area (Å²) in [4.78, 5) is 0. The molecule has 0 amide bonds. The quantitative estimate of drug-likeness (QED) is 0.741. The summed E-state index contributed by atoms with van der Waals surface area (Å²) < 4.78 is 0. The number of benzene rings is 1. The largest absolute Gasteiger partial charge is 0.398 e. The Balaban J connectivity index is 1.92. The summed E-state index contributed by atoms with van der Waals surface area (Å²) in [7, 11) is 0. The van der Waals surface area contributed by atoms with Crippen molar-refractivity contribution < 1.29 is 0 Å². The maximum atomic E-state index is 5.89. The van der Waals surface area contributed by atoms with Crippen molar-refractivity contribution in [2.75, 3.05) is 17.6 Å². The number of aryl methyl sites for hydroxylation is 1. The summed E-state index contributed by atoms with van der Waals surface area (Å²) >= 11 is 0. The molecule has 0 aliphatic heterocycles. The van der Waals surface area contributed by atoms with E-state index in [9.17, 15) is 0 Å². The van der Waals surface area contributed by atoms with Gasteiger partial charge in [0.1, 0.15) is 0 Å². The molecule has 2 rings (SSSR count). The first-order valence-corrected chi connectivity index (χ1v) is 6.25. The SMILES string of the molecule is CCCC1(CNc2ccc(C)c(N)c2)CC1. The van der Waals surface area contributed by atoms with Crippen LogP contribution >= 0.6 is 0 Å². The molecule has 1 aromatic carbocycles. The lowest BCUT2D eigenvalue weighted by Crippen LogP contribution is -2.15. The Morgan fingerprint density at radius 3 is 2.69 bits per heavy atom. The second kappa shape index (κ2) is 4.36. The van der Waals surface area contributed by atoms with Crippen molar-refractivity contribution >= 4 is 11.4 Å². The van der Waals surface area contributed by atoms with Crippen LogP contribution < -0.4 is 11.1 Å². The lowest BCUT2D eigenvalue weighted by molar-refractivity contribution is 0.486. The number of hydrogen-bond acceptors (Lipinski definition) is 2. The molecule has 0 heterocycles. The summed E-state index contributed by atoms with van der Waals surface area (Å²) in [6.45, 7) is 5.41. The minimum absolute atomic E-state index is 0.592. The third-order valence-electron chi connectivity index (χ3n) is 3.68. The van der Waals surface area contributed by atoms with Crippen LogP contribution in [0.1, 0.15) is 38.2 Å². The van der Waals surface area contributed by atoms with Crippen LogP contribution in [-0.4, -0.2) is 6.54 Å². The van der Waals surface area contributed by atoms with Gasteiger partial charge in [-0.15, -0.1) is 0 Å². The van der Waals surface area contributed by atoms with E-state index < -0.39 is 0 Å². The van der Waals surface area contributed by atoms with Crippen LogP contribution in [0.2, 0.25) is 0 Å². The van der Waals surface area contributed by atoms with E-state index in [0.29, 0.717) is 5.41 Å². The van der Waals surface area contributed by atoms with Crippen molar-refractivity contribution in [1.29, 1.82) is 0 Å². The van der Waals surface area contributed by atoms with E-state index in [1.54, 1.807) is 0 Å². The zero-order valence-electron chi connectivity index (χ0n) is 10.3. The number of anilines is 2. The Morgan fingerprint density at radius 2 is 2.12 bits per heavy atom. The number of nitrogens with two attached hydrogens (primary N) is 1. The highest BCUT2D eigenvalue weighted by molar-refractivity contribution is 5.58. The van der Waals surface area contributed by atoms with Crippen LogP contribution in [0, 0.1) is 12.3 Å². The molecule has 1 saturated carbocycles. The molecule has 3 N–H and O–H groups in total. The van der Waals surface area contributed by atoms with Crippen LogP contribution in [0.4, 0.5) is 11.4 Å². The molecule has 0 unspecified atom stereocenters. The molecule has 1 aliphatic rings. The van der Waals surface area contributed by atoms with E-state index in [0.717, 1.165) is 23.5 Å². The predicted molar refractivity (Wildman–Crippen MR) is 70.7 cm³/mol. The van der Waals surface area contributed by atoms with Crippen molar-refractivity contribution in [3.8, 4) is 0 Å². The number of nitrogen functional groups attached to an aromatic ring is 1. The van der Waals surface area contributed by atoms with Crippen LogP contribution in [0.5, 0.6) is 0 Å². The highest BCUT2D eigenvalue weighted by Crippen LogP contribution is 2.49. The molecular weight excluding hydrogens is 196 g/mol. The topological polar surface area (TPSA) is 38.0 Å². The van der Waals surface area contributed by atoms with Gasteiger partial charge in [0.05, 0.1) is 0 Å². The van der Waals surface area contributed by atoms with Gasteiger partial charge in [0.15, 0.2) is 0 Å². The molecule has 2 nitrogen and oxygen atoms in total. The molecule has 2 heteroatoms. The van der Waals surface area contributed by atoms with E-state index in [4.69, 9.17) is 5.73 Å². The van der Waals surface area contributed by atoms with Crippen LogP contribution in [-0.2, 0) is 0 Å². The number of hydrogen-bond donors (Lipinski definition) is 2. The molecule has 0 aromatic heterocycles. The minimum atomic E-state index is 0.592. The molecule has 88 valence electrons. The monoisotopic (exact) mass is 218 g/mol. The fraction of sp³-hybridized carbons (Fsp3) is 0.571. The molecule has 1 aliphatic carbocycles. The Hall–Kier alpha value is -1.18. The van der Waals surface area contributed by atoms with Crippen molar-refractivity contribution in [3.63, 3.8) is 0 Å². The zero-order chi connectivity index (χ0) is 11.6. The van der Waals surface area contributed by atoms with Gasteiger partial charge >= 0.3 is 0 Å². The third kappa shape index (κ3) is 2.49. The molecule has 16 heavy (non-hydrogen) atoms. The van der Waals surface area contributed by atoms with Gasteiger partial charge in [-0.2, -0.15) is 0 Å². The van der Waals surface area contributed by atoms with Gasteiger partial charge in [0.25, 0.3) is 0 Å². The molecule has 0 radical (unpaired) electrons. The van der Waals surface area contributed by atoms with E-state index in [1.807, 2.05) is 13.0 Å². The average molecular weight is 218 g/mol. The van der Waals surface area contributed by atoms with E-state index in [2.05, 4.69) is 24.4 Å². The molecule has 1 fully saturated rings. The first-order chi connectivity index (χ1) is 7.65. The summed E-state index contributed by atoms with van der Waals surface area (Å²) in [6.07, 6.45) is 5.41. The summed E-state index contributed by atoms with van der Waals surface area (Å²) in [5.74, 6) is 0. The second-order valence-electron chi connectivity index (χ2n) is 5.17. The number of nitrogens with one attached hydrogen (secondary N) is 1. The summed E-state index contributed by atoms with van der Waals surface area (Å²) in [5, 5.41) is 3.52. The molecule has 0 spiro atoms. The Bertz CT molecular complexity index is 367. The first kappa shape index (κ1) is 11.3.